The zero-order valence-electron chi connectivity index (χ0n) is 18.6. The van der Waals surface area contributed by atoms with Gasteiger partial charge in [-0.1, -0.05) is 42.8 Å². The molecule has 9 heteroatoms. The number of nitrogens with two attached hydrogens (primary N) is 1. The summed E-state index contributed by atoms with van der Waals surface area (Å²) in [6, 6.07) is 18.6. The second-order valence-corrected chi connectivity index (χ2v) is 8.36. The summed E-state index contributed by atoms with van der Waals surface area (Å²) < 4.78 is 12.2. The lowest BCUT2D eigenvalue weighted by molar-refractivity contribution is -0.385. The quantitative estimate of drug-likeness (QED) is 0.363. The van der Waals surface area contributed by atoms with E-state index in [4.69, 9.17) is 26.8 Å². The number of carbonyl (C=O) groups is 1. The second kappa shape index (κ2) is 9.70. The molecule has 1 amide bonds. The minimum absolute atomic E-state index is 0.146. The van der Waals surface area contributed by atoms with E-state index in [0.717, 1.165) is 17.5 Å². The van der Waals surface area contributed by atoms with E-state index in [2.05, 4.69) is 0 Å². The molecule has 8 nitrogen and oxygen atoms in total. The largest absolute Gasteiger partial charge is 0.444 e. The molecule has 1 heterocycles. The molecule has 3 aromatic carbocycles. The van der Waals surface area contributed by atoms with Gasteiger partial charge in [0.2, 0.25) is 0 Å². The zero-order valence-corrected chi connectivity index (χ0v) is 19.3. The molecule has 2 N–H and O–H groups in total. The van der Waals surface area contributed by atoms with Gasteiger partial charge in [-0.25, -0.2) is 0 Å². The Labute approximate surface area is 202 Å². The van der Waals surface area contributed by atoms with Crippen LogP contribution in [0.1, 0.15) is 24.5 Å². The smallest absolute Gasteiger partial charge is 0.332 e. The van der Waals surface area contributed by atoms with Crippen LogP contribution in [0.3, 0.4) is 0 Å². The number of ether oxygens (including phenoxy) is 2. The van der Waals surface area contributed by atoms with E-state index in [1.807, 2.05) is 18.2 Å². The molecule has 3 aromatic rings. The number of amides is 1. The fraction of sp³-hybridized carbons (Fsp3) is 0.240. The summed E-state index contributed by atoms with van der Waals surface area (Å²) in [4.78, 5) is 26.2. The molecular weight excluding hydrogens is 458 g/mol. The summed E-state index contributed by atoms with van der Waals surface area (Å²) in [6.45, 7) is 2.48. The van der Waals surface area contributed by atoms with Gasteiger partial charge in [-0.15, -0.1) is 0 Å². The molecule has 0 radical (unpaired) electrons. The number of benzene rings is 3. The number of carbonyl (C=O) groups excluding carboxylic acids is 1. The number of halogens is 1. The molecule has 0 saturated heterocycles. The summed E-state index contributed by atoms with van der Waals surface area (Å²) in [5.41, 5.74) is 7.73. The lowest BCUT2D eigenvalue weighted by atomic mass is 10.1. The van der Waals surface area contributed by atoms with E-state index >= 15 is 0 Å². The number of rotatable bonds is 8. The van der Waals surface area contributed by atoms with Crippen molar-refractivity contribution >= 4 is 28.9 Å². The summed E-state index contributed by atoms with van der Waals surface area (Å²) in [5, 5.41) is 11.9. The Kier molecular flexibility index (Phi) is 6.72. The predicted molar refractivity (Wildman–Crippen MR) is 129 cm³/mol. The van der Waals surface area contributed by atoms with Crippen molar-refractivity contribution in [3.05, 3.63) is 93.0 Å². The molecule has 1 unspecified atom stereocenters. The molecular formula is C25H24ClN3O5. The van der Waals surface area contributed by atoms with Crippen LogP contribution < -0.4 is 20.1 Å². The molecule has 0 aliphatic carbocycles. The van der Waals surface area contributed by atoms with Crippen LogP contribution in [0.5, 0.6) is 11.5 Å². The lowest BCUT2D eigenvalue weighted by Gasteiger charge is -2.41. The molecule has 1 aliphatic heterocycles. The molecule has 0 fully saturated rings. The van der Waals surface area contributed by atoms with Crippen LogP contribution in [0.25, 0.3) is 0 Å². The normalized spacial score (nSPS) is 17.1. The van der Waals surface area contributed by atoms with Crippen molar-refractivity contribution in [1.29, 1.82) is 0 Å². The number of nitro groups is 1. The Morgan fingerprint density at radius 2 is 1.88 bits per heavy atom. The standard InChI is InChI=1S/C25H24ClN3O5/c1-2-25(33-21-9-6-17(7-10-21)12-13-27)24(30)28(16-18-4-3-5-19(26)14-18)22-11-8-20(29(31)32)15-23(22)34-25/h3-11,14-15H,2,12-13,16,27H2,1H3. The second-order valence-electron chi connectivity index (χ2n) is 7.92. The first-order valence-corrected chi connectivity index (χ1v) is 11.2. The van der Waals surface area contributed by atoms with Gasteiger partial charge in [-0.05, 0) is 54.4 Å². The van der Waals surface area contributed by atoms with Crippen LogP contribution in [0, 0.1) is 10.1 Å². The first kappa shape index (κ1) is 23.5. The number of fused-ring (bicyclic) bond motifs is 1. The summed E-state index contributed by atoms with van der Waals surface area (Å²) in [6.07, 6.45) is 0.893. The minimum atomic E-state index is -1.70. The van der Waals surface area contributed by atoms with Gasteiger partial charge in [0.15, 0.2) is 5.75 Å². The van der Waals surface area contributed by atoms with E-state index in [9.17, 15) is 14.9 Å². The van der Waals surface area contributed by atoms with Gasteiger partial charge in [-0.3, -0.25) is 19.8 Å². The van der Waals surface area contributed by atoms with Crippen molar-refractivity contribution in [2.24, 2.45) is 5.73 Å². The number of hydrogen-bond donors (Lipinski definition) is 1. The maximum atomic E-state index is 13.8. The number of nitro benzene ring substituents is 1. The minimum Gasteiger partial charge on any atom is -0.444 e. The van der Waals surface area contributed by atoms with E-state index in [-0.39, 0.29) is 24.4 Å². The first-order valence-electron chi connectivity index (χ1n) is 10.9. The molecule has 1 atom stereocenters. The van der Waals surface area contributed by atoms with Crippen LogP contribution in [-0.4, -0.2) is 23.2 Å². The fourth-order valence-electron chi connectivity index (χ4n) is 3.87. The zero-order chi connectivity index (χ0) is 24.3. The van der Waals surface area contributed by atoms with Gasteiger partial charge in [0, 0.05) is 17.5 Å². The fourth-order valence-corrected chi connectivity index (χ4v) is 4.09. The Morgan fingerprint density at radius 1 is 1.12 bits per heavy atom. The van der Waals surface area contributed by atoms with Gasteiger partial charge in [-0.2, -0.15) is 0 Å². The number of non-ortho nitro benzene ring substituents is 1. The van der Waals surface area contributed by atoms with Crippen molar-refractivity contribution in [2.45, 2.75) is 32.1 Å². The maximum Gasteiger partial charge on any atom is 0.332 e. The third kappa shape index (κ3) is 4.69. The third-order valence-electron chi connectivity index (χ3n) is 5.63. The SMILES string of the molecule is CCC1(Oc2ccc(CCN)cc2)Oc2cc([N+](=O)[O-])ccc2N(Cc2cccc(Cl)c2)C1=O. The molecule has 1 aliphatic rings. The molecule has 0 saturated carbocycles. The Balaban J connectivity index is 1.75. The number of hydrogen-bond acceptors (Lipinski definition) is 6. The van der Waals surface area contributed by atoms with Crippen molar-refractivity contribution in [1.82, 2.24) is 0 Å². The van der Waals surface area contributed by atoms with E-state index in [1.165, 1.54) is 23.1 Å². The monoisotopic (exact) mass is 481 g/mol. The van der Waals surface area contributed by atoms with E-state index < -0.39 is 16.6 Å². The first-order chi connectivity index (χ1) is 16.3. The van der Waals surface area contributed by atoms with Crippen molar-refractivity contribution in [3.8, 4) is 11.5 Å². The lowest BCUT2D eigenvalue weighted by Crippen LogP contribution is -2.59. The molecule has 0 spiro atoms. The maximum absolute atomic E-state index is 13.8. The molecule has 0 bridgehead atoms. The Hall–Kier alpha value is -3.62. The van der Waals surface area contributed by atoms with Gasteiger partial charge in [0.1, 0.15) is 5.75 Å². The highest BCUT2D eigenvalue weighted by Crippen LogP contribution is 2.42. The summed E-state index contributed by atoms with van der Waals surface area (Å²) >= 11 is 6.14. The topological polar surface area (TPSA) is 108 Å². The highest BCUT2D eigenvalue weighted by molar-refractivity contribution is 6.30. The van der Waals surface area contributed by atoms with Gasteiger partial charge in [0.25, 0.3) is 5.69 Å². The average Bonchev–Trinajstić information content (AvgIpc) is 2.82. The van der Waals surface area contributed by atoms with Crippen LogP contribution >= 0.6 is 11.6 Å². The van der Waals surface area contributed by atoms with Crippen LogP contribution in [0.4, 0.5) is 11.4 Å². The summed E-state index contributed by atoms with van der Waals surface area (Å²) in [5.74, 6) is -1.48. The molecule has 34 heavy (non-hydrogen) atoms. The van der Waals surface area contributed by atoms with E-state index in [0.29, 0.717) is 23.0 Å². The molecule has 0 aromatic heterocycles. The highest BCUT2D eigenvalue weighted by atomic mass is 35.5. The summed E-state index contributed by atoms with van der Waals surface area (Å²) in [7, 11) is 0. The van der Waals surface area contributed by atoms with Crippen molar-refractivity contribution in [3.63, 3.8) is 0 Å². The van der Waals surface area contributed by atoms with Gasteiger partial charge >= 0.3 is 11.7 Å². The predicted octanol–water partition coefficient (Wildman–Crippen LogP) is 4.86. The van der Waals surface area contributed by atoms with Crippen molar-refractivity contribution in [2.75, 3.05) is 11.4 Å². The Morgan fingerprint density at radius 3 is 2.53 bits per heavy atom. The van der Waals surface area contributed by atoms with Crippen LogP contribution in [0.15, 0.2) is 66.7 Å². The molecule has 176 valence electrons. The van der Waals surface area contributed by atoms with Gasteiger partial charge < -0.3 is 15.2 Å². The number of nitrogens with zero attached hydrogens (tertiary/aromatic N) is 2. The average molecular weight is 482 g/mol. The van der Waals surface area contributed by atoms with Crippen LogP contribution in [0.2, 0.25) is 5.02 Å². The van der Waals surface area contributed by atoms with E-state index in [1.54, 1.807) is 37.3 Å². The van der Waals surface area contributed by atoms with Gasteiger partial charge in [0.05, 0.1) is 23.2 Å². The highest BCUT2D eigenvalue weighted by Gasteiger charge is 2.50. The Bertz CT molecular complexity index is 1220. The third-order valence-corrected chi connectivity index (χ3v) is 5.86. The van der Waals surface area contributed by atoms with Crippen molar-refractivity contribution < 1.29 is 19.2 Å². The van der Waals surface area contributed by atoms with Crippen LogP contribution in [-0.2, 0) is 17.8 Å². The number of anilines is 1. The molecule has 4 rings (SSSR count).